The largest absolute Gasteiger partial charge is 0.480 e. The summed E-state index contributed by atoms with van der Waals surface area (Å²) in [6, 6.07) is 5.69. The number of anilines is 1. The van der Waals surface area contributed by atoms with E-state index in [1.54, 1.807) is 12.1 Å². The number of amides is 1. The molecular formula is C15H18N2O7S. The van der Waals surface area contributed by atoms with Crippen molar-refractivity contribution in [1.82, 2.24) is 4.31 Å². The molecule has 0 aliphatic carbocycles. The van der Waals surface area contributed by atoms with E-state index in [1.807, 2.05) is 4.90 Å². The summed E-state index contributed by atoms with van der Waals surface area (Å²) in [4.78, 5) is 35.5. The van der Waals surface area contributed by atoms with Crippen molar-refractivity contribution in [1.29, 1.82) is 0 Å². The molecule has 0 saturated carbocycles. The average Bonchev–Trinajstić information content (AvgIpc) is 2.59. The molecule has 10 heteroatoms. The third kappa shape index (κ3) is 4.27. The molecule has 1 aliphatic rings. The van der Waals surface area contributed by atoms with Gasteiger partial charge in [-0.25, -0.2) is 13.2 Å². The van der Waals surface area contributed by atoms with Gasteiger partial charge in [0.1, 0.15) is 12.3 Å². The molecule has 1 saturated heterocycles. The zero-order valence-electron chi connectivity index (χ0n) is 13.5. The third-order valence-corrected chi connectivity index (χ3v) is 5.49. The zero-order valence-corrected chi connectivity index (χ0v) is 14.4. The summed E-state index contributed by atoms with van der Waals surface area (Å²) < 4.78 is 29.5. The van der Waals surface area contributed by atoms with Gasteiger partial charge in [-0.1, -0.05) is 0 Å². The van der Waals surface area contributed by atoms with Gasteiger partial charge in [-0.15, -0.1) is 0 Å². The summed E-state index contributed by atoms with van der Waals surface area (Å²) >= 11 is 0. The molecule has 0 bridgehead atoms. The lowest BCUT2D eigenvalue weighted by Gasteiger charge is -2.28. The normalized spacial score (nSPS) is 14.9. The summed E-state index contributed by atoms with van der Waals surface area (Å²) in [5, 5.41) is 8.83. The summed E-state index contributed by atoms with van der Waals surface area (Å²) in [7, 11) is -3.39. The molecular weight excluding hydrogens is 352 g/mol. The van der Waals surface area contributed by atoms with E-state index in [4.69, 9.17) is 5.11 Å². The number of nitrogens with zero attached hydrogens (tertiary/aromatic N) is 2. The number of ether oxygens (including phenoxy) is 1. The lowest BCUT2D eigenvalue weighted by Crippen LogP contribution is -2.40. The quantitative estimate of drug-likeness (QED) is 0.804. The van der Waals surface area contributed by atoms with Gasteiger partial charge in [0.15, 0.2) is 0 Å². The predicted molar refractivity (Wildman–Crippen MR) is 86.8 cm³/mol. The smallest absolute Gasteiger partial charge is 0.424 e. The molecule has 1 fully saturated rings. The number of rotatable bonds is 5. The molecule has 1 aromatic rings. The topological polar surface area (TPSA) is 121 Å². The molecule has 0 unspecified atom stereocenters. The van der Waals surface area contributed by atoms with Gasteiger partial charge in [0, 0.05) is 31.6 Å². The number of methoxy groups -OCH3 is 1. The summed E-state index contributed by atoms with van der Waals surface area (Å²) in [6.07, 6.45) is -0.398. The Morgan fingerprint density at radius 3 is 2.24 bits per heavy atom. The van der Waals surface area contributed by atoms with Crippen molar-refractivity contribution in [3.05, 3.63) is 24.3 Å². The second-order valence-corrected chi connectivity index (χ2v) is 7.26. The highest BCUT2D eigenvalue weighted by Crippen LogP contribution is 2.23. The first-order chi connectivity index (χ1) is 11.8. The Labute approximate surface area is 144 Å². The first-order valence-electron chi connectivity index (χ1n) is 7.45. The van der Waals surface area contributed by atoms with Crippen LogP contribution in [0.4, 0.5) is 10.5 Å². The standard InChI is InChI=1S/C15H18N2O7S/c1-24-15(21)17(10-14(19)20)25(22,23)13-4-2-11(3-5-13)16-8-6-12(18)7-9-16/h2-5H,6-10H2,1H3,(H,19,20). The first kappa shape index (κ1) is 18.7. The number of ketones is 1. The van der Waals surface area contributed by atoms with Gasteiger partial charge < -0.3 is 14.7 Å². The Bertz CT molecular complexity index is 764. The number of piperidine rings is 1. The molecule has 25 heavy (non-hydrogen) atoms. The number of sulfonamides is 1. The Balaban J connectivity index is 2.25. The van der Waals surface area contributed by atoms with Gasteiger partial charge in [0.05, 0.1) is 12.0 Å². The van der Waals surface area contributed by atoms with E-state index >= 15 is 0 Å². The van der Waals surface area contributed by atoms with Gasteiger partial charge in [-0.2, -0.15) is 4.31 Å². The van der Waals surface area contributed by atoms with Gasteiger partial charge >= 0.3 is 12.1 Å². The zero-order chi connectivity index (χ0) is 18.6. The Kier molecular flexibility index (Phi) is 5.62. The molecule has 136 valence electrons. The number of aliphatic carboxylic acids is 1. The number of benzene rings is 1. The van der Waals surface area contributed by atoms with Crippen LogP contribution < -0.4 is 4.90 Å². The lowest BCUT2D eigenvalue weighted by atomic mass is 10.1. The first-order valence-corrected chi connectivity index (χ1v) is 8.89. The van der Waals surface area contributed by atoms with Gasteiger partial charge in [-0.05, 0) is 24.3 Å². The minimum absolute atomic E-state index is 0.157. The van der Waals surface area contributed by atoms with Crippen molar-refractivity contribution in [2.75, 3.05) is 31.6 Å². The Hall–Kier alpha value is -2.62. The summed E-state index contributed by atoms with van der Waals surface area (Å²) in [5.74, 6) is -1.29. The summed E-state index contributed by atoms with van der Waals surface area (Å²) in [6.45, 7) is 0.0709. The fourth-order valence-electron chi connectivity index (χ4n) is 2.44. The predicted octanol–water partition coefficient (Wildman–Crippen LogP) is 0.698. The van der Waals surface area contributed by atoms with E-state index in [2.05, 4.69) is 4.74 Å². The molecule has 1 amide bonds. The minimum Gasteiger partial charge on any atom is -0.480 e. The van der Waals surface area contributed by atoms with Crippen molar-refractivity contribution in [2.45, 2.75) is 17.7 Å². The van der Waals surface area contributed by atoms with Crippen LogP contribution in [-0.2, 0) is 24.3 Å². The van der Waals surface area contributed by atoms with Crippen LogP contribution in [0.3, 0.4) is 0 Å². The maximum atomic E-state index is 12.5. The maximum absolute atomic E-state index is 12.5. The number of carboxylic acid groups (broad SMARTS) is 1. The van der Waals surface area contributed by atoms with Gasteiger partial charge in [0.2, 0.25) is 0 Å². The van der Waals surface area contributed by atoms with Crippen molar-refractivity contribution in [3.8, 4) is 0 Å². The van der Waals surface area contributed by atoms with Gasteiger partial charge in [-0.3, -0.25) is 9.59 Å². The number of carbonyl (C=O) groups is 3. The molecule has 0 atom stereocenters. The second kappa shape index (κ2) is 7.51. The van der Waals surface area contributed by atoms with Crippen LogP contribution in [0.2, 0.25) is 0 Å². The highest BCUT2D eigenvalue weighted by molar-refractivity contribution is 7.89. The minimum atomic E-state index is -4.36. The van der Waals surface area contributed by atoms with Crippen LogP contribution in [-0.4, -0.2) is 62.4 Å². The Morgan fingerprint density at radius 2 is 1.76 bits per heavy atom. The molecule has 0 radical (unpaired) electrons. The van der Waals surface area contributed by atoms with Crippen LogP contribution in [0, 0.1) is 0 Å². The van der Waals surface area contributed by atoms with Gasteiger partial charge in [0.25, 0.3) is 10.0 Å². The molecule has 1 aliphatic heterocycles. The lowest BCUT2D eigenvalue weighted by molar-refractivity contribution is -0.137. The molecule has 2 rings (SSSR count). The number of hydrogen-bond acceptors (Lipinski definition) is 7. The highest BCUT2D eigenvalue weighted by Gasteiger charge is 2.32. The highest BCUT2D eigenvalue weighted by atomic mass is 32.2. The number of carbonyl (C=O) groups excluding carboxylic acids is 2. The Morgan fingerprint density at radius 1 is 1.20 bits per heavy atom. The molecule has 1 N–H and O–H groups in total. The van der Waals surface area contributed by atoms with E-state index in [1.165, 1.54) is 12.1 Å². The molecule has 9 nitrogen and oxygen atoms in total. The number of Topliss-reactive ketones (excluding diaryl/α,β-unsaturated/α-hetero) is 1. The fourth-order valence-corrected chi connectivity index (χ4v) is 3.73. The fraction of sp³-hybridized carbons (Fsp3) is 0.400. The SMILES string of the molecule is COC(=O)N(CC(=O)O)S(=O)(=O)c1ccc(N2CCC(=O)CC2)cc1. The average molecular weight is 370 g/mol. The summed E-state index contributed by atoms with van der Waals surface area (Å²) in [5.41, 5.74) is 0.745. The van der Waals surface area contributed by atoms with E-state index in [-0.39, 0.29) is 15.0 Å². The van der Waals surface area contributed by atoms with E-state index in [0.717, 1.165) is 12.8 Å². The molecule has 0 aromatic heterocycles. The van der Waals surface area contributed by atoms with Crippen LogP contribution in [0.1, 0.15) is 12.8 Å². The van der Waals surface area contributed by atoms with Crippen molar-refractivity contribution < 1.29 is 32.6 Å². The molecule has 0 spiro atoms. The molecule has 1 aromatic carbocycles. The third-order valence-electron chi connectivity index (χ3n) is 3.77. The van der Waals surface area contributed by atoms with Crippen LogP contribution in [0.15, 0.2) is 29.2 Å². The number of carboxylic acids is 1. The van der Waals surface area contributed by atoms with E-state index < -0.39 is 28.6 Å². The maximum Gasteiger partial charge on any atom is 0.424 e. The number of hydrogen-bond donors (Lipinski definition) is 1. The van der Waals surface area contributed by atoms with Crippen LogP contribution in [0.5, 0.6) is 0 Å². The van der Waals surface area contributed by atoms with E-state index in [9.17, 15) is 22.8 Å². The van der Waals surface area contributed by atoms with Crippen molar-refractivity contribution in [2.24, 2.45) is 0 Å². The van der Waals surface area contributed by atoms with Crippen molar-refractivity contribution >= 4 is 33.6 Å². The second-order valence-electron chi connectivity index (χ2n) is 5.40. The van der Waals surface area contributed by atoms with Crippen LogP contribution >= 0.6 is 0 Å². The monoisotopic (exact) mass is 370 g/mol. The molecule has 1 heterocycles. The van der Waals surface area contributed by atoms with Crippen molar-refractivity contribution in [3.63, 3.8) is 0 Å². The van der Waals surface area contributed by atoms with Crippen LogP contribution in [0.25, 0.3) is 0 Å². The van der Waals surface area contributed by atoms with E-state index in [0.29, 0.717) is 25.9 Å².